The third-order valence-electron chi connectivity index (χ3n) is 2.11. The SMILES string of the molecule is COCC(NC(=O)NC(C)c1nccs1)C(=O)O. The second kappa shape index (κ2) is 6.92. The zero-order chi connectivity index (χ0) is 13.5. The molecule has 100 valence electrons. The molecule has 0 aliphatic rings. The normalized spacial score (nSPS) is 13.7. The fraction of sp³-hybridized carbons (Fsp3) is 0.500. The highest BCUT2D eigenvalue weighted by Gasteiger charge is 2.21. The van der Waals surface area contributed by atoms with Crippen LogP contribution in [0.15, 0.2) is 11.6 Å². The average molecular weight is 273 g/mol. The van der Waals surface area contributed by atoms with Crippen LogP contribution in [-0.4, -0.2) is 41.8 Å². The number of nitrogens with one attached hydrogen (secondary N) is 2. The first kappa shape index (κ1) is 14.4. The second-order valence-electron chi connectivity index (χ2n) is 3.56. The topological polar surface area (TPSA) is 101 Å². The monoisotopic (exact) mass is 273 g/mol. The average Bonchev–Trinajstić information content (AvgIpc) is 2.81. The van der Waals surface area contributed by atoms with Crippen LogP contribution in [0.2, 0.25) is 0 Å². The summed E-state index contributed by atoms with van der Waals surface area (Å²) in [5.41, 5.74) is 0. The number of carboxylic acids is 1. The van der Waals surface area contributed by atoms with Crippen molar-refractivity contribution in [1.82, 2.24) is 15.6 Å². The molecule has 1 aromatic heterocycles. The Kier molecular flexibility index (Phi) is 5.53. The number of urea groups is 1. The Morgan fingerprint density at radius 1 is 1.56 bits per heavy atom. The van der Waals surface area contributed by atoms with Crippen molar-refractivity contribution in [3.8, 4) is 0 Å². The lowest BCUT2D eigenvalue weighted by molar-refractivity contribution is -0.140. The van der Waals surface area contributed by atoms with E-state index in [-0.39, 0.29) is 12.6 Å². The molecule has 0 saturated carbocycles. The van der Waals surface area contributed by atoms with Gasteiger partial charge in [0.2, 0.25) is 0 Å². The molecule has 0 aromatic carbocycles. The molecule has 0 radical (unpaired) electrons. The van der Waals surface area contributed by atoms with Gasteiger partial charge in [0.1, 0.15) is 5.01 Å². The van der Waals surface area contributed by atoms with Gasteiger partial charge < -0.3 is 20.5 Å². The molecule has 18 heavy (non-hydrogen) atoms. The molecule has 0 aliphatic heterocycles. The van der Waals surface area contributed by atoms with E-state index < -0.39 is 18.0 Å². The number of amides is 2. The van der Waals surface area contributed by atoms with Crippen LogP contribution in [0.25, 0.3) is 0 Å². The summed E-state index contributed by atoms with van der Waals surface area (Å²) in [5.74, 6) is -1.14. The smallest absolute Gasteiger partial charge is 0.328 e. The summed E-state index contributed by atoms with van der Waals surface area (Å²) in [6, 6.07) is -1.91. The molecule has 8 heteroatoms. The van der Waals surface area contributed by atoms with Gasteiger partial charge in [-0.3, -0.25) is 0 Å². The maximum atomic E-state index is 11.6. The molecule has 1 rings (SSSR count). The fourth-order valence-electron chi connectivity index (χ4n) is 1.25. The maximum Gasteiger partial charge on any atom is 0.328 e. The van der Waals surface area contributed by atoms with Crippen LogP contribution in [0.3, 0.4) is 0 Å². The number of methoxy groups -OCH3 is 1. The molecular formula is C10H15N3O4S. The maximum absolute atomic E-state index is 11.6. The number of rotatable bonds is 6. The van der Waals surface area contributed by atoms with Gasteiger partial charge in [-0.15, -0.1) is 11.3 Å². The lowest BCUT2D eigenvalue weighted by atomic mass is 10.3. The van der Waals surface area contributed by atoms with Crippen LogP contribution in [0.5, 0.6) is 0 Å². The molecule has 0 spiro atoms. The predicted molar refractivity (Wildman–Crippen MR) is 65.5 cm³/mol. The number of carbonyl (C=O) groups is 2. The fourth-order valence-corrected chi connectivity index (χ4v) is 1.89. The Labute approximate surface area is 108 Å². The number of thiazole rings is 1. The number of hydrogen-bond acceptors (Lipinski definition) is 5. The highest BCUT2D eigenvalue weighted by molar-refractivity contribution is 7.09. The molecule has 2 atom stereocenters. The molecule has 0 fully saturated rings. The first-order valence-corrected chi connectivity index (χ1v) is 6.10. The quantitative estimate of drug-likeness (QED) is 0.704. The van der Waals surface area contributed by atoms with Gasteiger partial charge in [0.25, 0.3) is 0 Å². The van der Waals surface area contributed by atoms with Crippen molar-refractivity contribution in [1.29, 1.82) is 0 Å². The lowest BCUT2D eigenvalue weighted by Crippen LogP contribution is -2.48. The van der Waals surface area contributed by atoms with Gasteiger partial charge >= 0.3 is 12.0 Å². The summed E-state index contributed by atoms with van der Waals surface area (Å²) in [6.07, 6.45) is 1.64. The van der Waals surface area contributed by atoms with Gasteiger partial charge in [-0.05, 0) is 6.92 Å². The zero-order valence-corrected chi connectivity index (χ0v) is 10.9. The molecule has 1 aromatic rings. The largest absolute Gasteiger partial charge is 0.480 e. The van der Waals surface area contributed by atoms with Crippen LogP contribution in [0, 0.1) is 0 Å². The molecule has 0 saturated heterocycles. The predicted octanol–water partition coefficient (Wildman–Crippen LogP) is 0.603. The van der Waals surface area contributed by atoms with E-state index in [1.54, 1.807) is 18.5 Å². The Hall–Kier alpha value is -1.67. The van der Waals surface area contributed by atoms with Crippen LogP contribution >= 0.6 is 11.3 Å². The molecule has 0 aliphatic carbocycles. The number of nitrogens with zero attached hydrogens (tertiary/aromatic N) is 1. The van der Waals surface area contributed by atoms with Crippen molar-refractivity contribution in [3.05, 3.63) is 16.6 Å². The van der Waals surface area contributed by atoms with Gasteiger partial charge in [0.15, 0.2) is 6.04 Å². The molecule has 0 bridgehead atoms. The van der Waals surface area contributed by atoms with Crippen LogP contribution in [0.1, 0.15) is 18.0 Å². The Morgan fingerprint density at radius 2 is 2.28 bits per heavy atom. The Balaban J connectivity index is 2.47. The number of carboxylic acid groups (broad SMARTS) is 1. The van der Waals surface area contributed by atoms with E-state index >= 15 is 0 Å². The van der Waals surface area contributed by atoms with E-state index in [4.69, 9.17) is 9.84 Å². The minimum absolute atomic E-state index is 0.0889. The summed E-state index contributed by atoms with van der Waals surface area (Å²) >= 11 is 1.41. The summed E-state index contributed by atoms with van der Waals surface area (Å²) in [4.78, 5) is 26.4. The Morgan fingerprint density at radius 3 is 2.78 bits per heavy atom. The molecular weight excluding hydrogens is 258 g/mol. The van der Waals surface area contributed by atoms with Crippen LogP contribution < -0.4 is 10.6 Å². The third kappa shape index (κ3) is 4.30. The van der Waals surface area contributed by atoms with E-state index in [2.05, 4.69) is 15.6 Å². The first-order valence-electron chi connectivity index (χ1n) is 5.22. The summed E-state index contributed by atoms with van der Waals surface area (Å²) in [5, 5.41) is 16.3. The minimum atomic E-state index is -1.14. The van der Waals surface area contributed by atoms with E-state index in [9.17, 15) is 9.59 Å². The Bertz CT molecular complexity index is 396. The molecule has 3 N–H and O–H groups in total. The van der Waals surface area contributed by atoms with E-state index in [0.717, 1.165) is 5.01 Å². The highest BCUT2D eigenvalue weighted by atomic mass is 32.1. The molecule has 2 unspecified atom stereocenters. The second-order valence-corrected chi connectivity index (χ2v) is 4.48. The molecule has 7 nitrogen and oxygen atoms in total. The van der Waals surface area contributed by atoms with Crippen molar-refractivity contribution in [2.24, 2.45) is 0 Å². The lowest BCUT2D eigenvalue weighted by Gasteiger charge is -2.16. The van der Waals surface area contributed by atoms with Gasteiger partial charge in [0, 0.05) is 18.7 Å². The van der Waals surface area contributed by atoms with Crippen molar-refractivity contribution >= 4 is 23.3 Å². The van der Waals surface area contributed by atoms with Gasteiger partial charge in [-0.1, -0.05) is 0 Å². The van der Waals surface area contributed by atoms with E-state index in [0.29, 0.717) is 0 Å². The number of hydrogen-bond donors (Lipinski definition) is 3. The highest BCUT2D eigenvalue weighted by Crippen LogP contribution is 2.14. The van der Waals surface area contributed by atoms with Gasteiger partial charge in [0.05, 0.1) is 12.6 Å². The summed E-state index contributed by atoms with van der Waals surface area (Å²) < 4.78 is 4.71. The molecule has 2 amide bonds. The zero-order valence-electron chi connectivity index (χ0n) is 10.0. The van der Waals surface area contributed by atoms with Gasteiger partial charge in [-0.25, -0.2) is 14.6 Å². The standard InChI is InChI=1S/C10H15N3O4S/c1-6(8-11-3-4-18-8)12-10(16)13-7(5-17-2)9(14)15/h3-4,6-7H,5H2,1-2H3,(H,14,15)(H2,12,13,16). The van der Waals surface area contributed by atoms with E-state index in [1.165, 1.54) is 18.4 Å². The number of ether oxygens (including phenoxy) is 1. The summed E-state index contributed by atoms with van der Waals surface area (Å²) in [6.45, 7) is 1.68. The first-order chi connectivity index (χ1) is 8.54. The van der Waals surface area contributed by atoms with Crippen molar-refractivity contribution < 1.29 is 19.4 Å². The van der Waals surface area contributed by atoms with Crippen LogP contribution in [0.4, 0.5) is 4.79 Å². The van der Waals surface area contributed by atoms with Gasteiger partial charge in [-0.2, -0.15) is 0 Å². The number of aromatic nitrogens is 1. The summed E-state index contributed by atoms with van der Waals surface area (Å²) in [7, 11) is 1.37. The van der Waals surface area contributed by atoms with E-state index in [1.807, 2.05) is 0 Å². The van der Waals surface area contributed by atoms with Crippen molar-refractivity contribution in [2.45, 2.75) is 19.0 Å². The number of aliphatic carboxylic acids is 1. The van der Waals surface area contributed by atoms with Crippen molar-refractivity contribution in [2.75, 3.05) is 13.7 Å². The van der Waals surface area contributed by atoms with Crippen molar-refractivity contribution in [3.63, 3.8) is 0 Å². The minimum Gasteiger partial charge on any atom is -0.480 e. The third-order valence-corrected chi connectivity index (χ3v) is 3.06. The molecule has 1 heterocycles. The van der Waals surface area contributed by atoms with Crippen LogP contribution in [-0.2, 0) is 9.53 Å². The number of carbonyl (C=O) groups excluding carboxylic acids is 1.